The highest BCUT2D eigenvalue weighted by Gasteiger charge is 2.57. The van der Waals surface area contributed by atoms with Gasteiger partial charge in [0.15, 0.2) is 25.0 Å². The molecule has 0 bridgehead atoms. The second-order valence-corrected chi connectivity index (χ2v) is 37.4. The van der Waals surface area contributed by atoms with Gasteiger partial charge in [0, 0.05) is 11.3 Å². The Balaban J connectivity index is 2.41. The molecule has 334 valence electrons. The maximum absolute atomic E-state index is 16.0. The number of carbonyl (C=O) groups is 2. The number of Topliss-reactive ketones (excluding diaryl/α,β-unsaturated/α-hetero) is 1. The van der Waals surface area contributed by atoms with Crippen molar-refractivity contribution < 1.29 is 32.4 Å². The van der Waals surface area contributed by atoms with E-state index >= 15 is 9.18 Å². The average molecular weight is 883 g/mol. The van der Waals surface area contributed by atoms with Crippen molar-refractivity contribution >= 4 is 54.1 Å². The molecule has 0 amide bonds. The first kappa shape index (κ1) is 52.8. The summed E-state index contributed by atoms with van der Waals surface area (Å²) in [5.41, 5.74) is 0.986. The third kappa shape index (κ3) is 13.9. The van der Waals surface area contributed by atoms with E-state index in [1.165, 1.54) is 23.0 Å². The molecule has 1 aliphatic rings. The van der Waals surface area contributed by atoms with E-state index in [4.69, 9.17) is 13.3 Å². The second kappa shape index (κ2) is 20.3. The first-order chi connectivity index (χ1) is 26.2. The van der Waals surface area contributed by atoms with Gasteiger partial charge in [0.05, 0.1) is 34.7 Å². The van der Waals surface area contributed by atoms with Gasteiger partial charge in [-0.2, -0.15) is 0 Å². The van der Waals surface area contributed by atoms with Crippen molar-refractivity contribution in [3.8, 4) is 0 Å². The molecule has 1 aromatic heterocycles. The second-order valence-electron chi connectivity index (χ2n) is 22.0. The summed E-state index contributed by atoms with van der Waals surface area (Å²) in [7, 11) is -6.99. The molecule has 1 heterocycles. The van der Waals surface area contributed by atoms with Gasteiger partial charge in [0.1, 0.15) is 17.7 Å². The third-order valence-corrected chi connectivity index (χ3v) is 28.5. The van der Waals surface area contributed by atoms with Crippen LogP contribution in [0.3, 0.4) is 0 Å². The maximum atomic E-state index is 16.0. The number of aliphatic carboxylic acids is 1. The summed E-state index contributed by atoms with van der Waals surface area (Å²) in [5.74, 6) is -1.37. The number of ketones is 1. The molecule has 1 fully saturated rings. The molecule has 0 aromatic carbocycles. The van der Waals surface area contributed by atoms with Crippen LogP contribution in [0.15, 0.2) is 22.9 Å². The molecule has 58 heavy (non-hydrogen) atoms. The highest BCUT2D eigenvalue weighted by molar-refractivity contribution is 7.09. The summed E-state index contributed by atoms with van der Waals surface area (Å²) in [6.45, 7) is 41.2. The van der Waals surface area contributed by atoms with Crippen LogP contribution in [0.2, 0.25) is 54.4 Å². The zero-order valence-electron chi connectivity index (χ0n) is 40.2. The Hall–Kier alpha value is -1.29. The lowest BCUT2D eigenvalue weighted by Crippen LogP contribution is -2.59. The van der Waals surface area contributed by atoms with E-state index in [-0.39, 0.29) is 51.1 Å². The van der Waals surface area contributed by atoms with E-state index in [0.717, 1.165) is 30.7 Å². The van der Waals surface area contributed by atoms with Crippen LogP contribution in [0, 0.1) is 24.2 Å². The zero-order chi connectivity index (χ0) is 44.9. The van der Waals surface area contributed by atoms with Gasteiger partial charge in [0.2, 0.25) is 0 Å². The lowest BCUT2D eigenvalue weighted by Gasteiger charge is -2.52. The Morgan fingerprint density at radius 3 is 1.88 bits per heavy atom. The van der Waals surface area contributed by atoms with Crippen molar-refractivity contribution in [2.24, 2.45) is 17.3 Å². The number of halogens is 1. The Kier molecular flexibility index (Phi) is 18.5. The van der Waals surface area contributed by atoms with E-state index in [1.807, 2.05) is 12.3 Å². The lowest BCUT2D eigenvalue weighted by molar-refractivity contribution is -0.156. The van der Waals surface area contributed by atoms with Gasteiger partial charge < -0.3 is 18.4 Å². The predicted octanol–water partition coefficient (Wildman–Crippen LogP) is 14.3. The molecule has 1 saturated carbocycles. The van der Waals surface area contributed by atoms with Crippen LogP contribution in [-0.2, 0) is 22.9 Å². The summed E-state index contributed by atoms with van der Waals surface area (Å²) in [6.07, 6.45) is 7.72. The first-order valence-electron chi connectivity index (χ1n) is 22.0. The van der Waals surface area contributed by atoms with Crippen LogP contribution in [0.5, 0.6) is 0 Å². The number of allylic oxidation sites excluding steroid dienone is 1. The molecule has 1 N–H and O–H groups in total. The number of carboxylic acids is 1. The van der Waals surface area contributed by atoms with Crippen LogP contribution in [0.4, 0.5) is 4.39 Å². The zero-order valence-corrected chi connectivity index (χ0v) is 44.0. The van der Waals surface area contributed by atoms with E-state index in [1.54, 1.807) is 0 Å². The molecule has 0 saturated heterocycles. The number of carbonyl (C=O) groups excluding carboxylic acids is 1. The van der Waals surface area contributed by atoms with E-state index < -0.39 is 48.5 Å². The molecule has 5 atom stereocenters. The van der Waals surface area contributed by atoms with Crippen LogP contribution in [0.25, 0.3) is 6.08 Å². The fourth-order valence-corrected chi connectivity index (χ4v) is 11.7. The Labute approximate surface area is 361 Å². The van der Waals surface area contributed by atoms with Crippen LogP contribution >= 0.6 is 11.3 Å². The van der Waals surface area contributed by atoms with Gasteiger partial charge in [-0.3, -0.25) is 9.59 Å². The van der Waals surface area contributed by atoms with Crippen LogP contribution in [0.1, 0.15) is 152 Å². The number of thiazole rings is 1. The highest BCUT2D eigenvalue weighted by Crippen LogP contribution is 2.53. The molecule has 12 heteroatoms. The molecule has 7 nitrogen and oxygen atoms in total. The fraction of sp³-hybridized carbons (Fsp3) is 0.804. The van der Waals surface area contributed by atoms with E-state index in [2.05, 4.69) is 133 Å². The average Bonchev–Trinajstić information content (AvgIpc) is 3.43. The van der Waals surface area contributed by atoms with Crippen LogP contribution < -0.4 is 0 Å². The normalized spacial score (nSPS) is 19.0. The smallest absolute Gasteiger partial charge is 0.305 e. The number of aromatic nitrogens is 1. The minimum absolute atomic E-state index is 0.0534. The number of aryl methyl sites for hydroxylation is 1. The first-order valence-corrected chi connectivity index (χ1v) is 31.6. The van der Waals surface area contributed by atoms with Gasteiger partial charge in [-0.1, -0.05) is 94.2 Å². The molecule has 0 spiro atoms. The number of hydrogen-bond donors (Lipinski definition) is 1. The molecular formula is C46H84FNO6SSi3. The topological polar surface area (TPSA) is 95.0 Å². The number of carboxylic acid groups (broad SMARTS) is 1. The summed E-state index contributed by atoms with van der Waals surface area (Å²) in [6, 6.07) is 0. The highest BCUT2D eigenvalue weighted by atomic mass is 32.1. The molecule has 1 aromatic rings. The van der Waals surface area contributed by atoms with Crippen molar-refractivity contribution in [3.63, 3.8) is 0 Å². The van der Waals surface area contributed by atoms with Crippen molar-refractivity contribution in [1.82, 2.24) is 4.98 Å². The minimum atomic E-state index is -2.39. The van der Waals surface area contributed by atoms with Gasteiger partial charge in [-0.15, -0.1) is 11.3 Å². The van der Waals surface area contributed by atoms with Crippen LogP contribution in [-0.4, -0.2) is 65.1 Å². The monoisotopic (exact) mass is 882 g/mol. The standard InChI is InChI=1S/C46H84FNO6SSi3/c1-20-36(42(51)46(27-22-28-46)39(30-40(49)50)53-57(16,17)44(8,9)10)41(54-58(18,19)45(11,12)13)33(3)24-21-23-32(2)25-26-38(52-56(14,15)43(5,6)7)37(47)29-35-31-55-34(4)48-35/h25,29,31,33,36,38-39,41H,20-24,26-28,30H2,1-19H3,(H,49,50)/b32-25-,37-29-/t33-,36+,38-,39-,41-/m0/s1. The molecule has 1 aliphatic carbocycles. The SMILES string of the molecule is CC[C@@H](C(=O)C1([C@H](CC(=O)O)O[Si](C)(C)C(C)(C)C)CCC1)[C@@H](O[Si](C)(C)C(C)(C)C)[C@@H](C)CCC/C(C)=C\C[C@H](O[Si](C)(C)C(C)(C)C)/C(F)=C/c1csc(C)n1. The maximum Gasteiger partial charge on any atom is 0.305 e. The Morgan fingerprint density at radius 2 is 1.45 bits per heavy atom. The minimum Gasteiger partial charge on any atom is -0.481 e. The van der Waals surface area contributed by atoms with Crippen molar-refractivity contribution in [1.29, 1.82) is 0 Å². The summed E-state index contributed by atoms with van der Waals surface area (Å²) < 4.78 is 36.8. The largest absolute Gasteiger partial charge is 0.481 e. The number of hydrogen-bond acceptors (Lipinski definition) is 7. The Bertz CT molecular complexity index is 1580. The fourth-order valence-electron chi connectivity index (χ4n) is 7.08. The van der Waals surface area contributed by atoms with Gasteiger partial charge in [-0.25, -0.2) is 9.37 Å². The third-order valence-electron chi connectivity index (χ3n) is 14.3. The van der Waals surface area contributed by atoms with Gasteiger partial charge in [-0.05, 0) is 125 Å². The number of rotatable bonds is 22. The molecule has 2 rings (SSSR count). The van der Waals surface area contributed by atoms with Gasteiger partial charge >= 0.3 is 5.97 Å². The molecule has 0 aliphatic heterocycles. The van der Waals surface area contributed by atoms with Gasteiger partial charge in [0.25, 0.3) is 0 Å². The molecule has 0 radical (unpaired) electrons. The predicted molar refractivity (Wildman–Crippen MR) is 251 cm³/mol. The summed E-state index contributed by atoms with van der Waals surface area (Å²) in [5, 5.41) is 12.7. The van der Waals surface area contributed by atoms with Crippen molar-refractivity contribution in [2.45, 2.75) is 221 Å². The van der Waals surface area contributed by atoms with Crippen molar-refractivity contribution in [3.05, 3.63) is 33.6 Å². The lowest BCUT2D eigenvalue weighted by atomic mass is 9.58. The molecule has 0 unspecified atom stereocenters. The molecular weight excluding hydrogens is 798 g/mol. The number of nitrogens with zero attached hydrogens (tertiary/aromatic N) is 1. The van der Waals surface area contributed by atoms with E-state index in [0.29, 0.717) is 31.4 Å². The van der Waals surface area contributed by atoms with Crippen molar-refractivity contribution in [2.75, 3.05) is 0 Å². The summed E-state index contributed by atoms with van der Waals surface area (Å²) >= 11 is 1.51. The quantitative estimate of drug-likeness (QED) is 0.0915. The van der Waals surface area contributed by atoms with E-state index in [9.17, 15) is 9.90 Å². The Morgan fingerprint density at radius 1 is 0.931 bits per heavy atom. The summed E-state index contributed by atoms with van der Waals surface area (Å²) in [4.78, 5) is 32.0.